The van der Waals surface area contributed by atoms with Gasteiger partial charge < -0.3 is 10.4 Å². The largest absolute Gasteiger partial charge is 0.481 e. The van der Waals surface area contributed by atoms with Crippen LogP contribution in [0.25, 0.3) is 10.4 Å². The topological polar surface area (TPSA) is 115 Å². The predicted octanol–water partition coefficient (Wildman–Crippen LogP) is 5.90. The molecule has 0 aliphatic heterocycles. The first-order valence-electron chi connectivity index (χ1n) is 9.72. The molecule has 0 unspecified atom stereocenters. The number of carboxylic acids is 1. The lowest BCUT2D eigenvalue weighted by Crippen LogP contribution is -2.27. The molecule has 2 N–H and O–H groups in total. The van der Waals surface area contributed by atoms with Crippen molar-refractivity contribution in [1.82, 2.24) is 5.32 Å². The number of amides is 1. The third-order valence-electron chi connectivity index (χ3n) is 4.46. The van der Waals surface area contributed by atoms with E-state index in [0.717, 1.165) is 44.9 Å². The van der Waals surface area contributed by atoms with Gasteiger partial charge in [0.2, 0.25) is 0 Å². The highest BCUT2D eigenvalue weighted by atomic mass is 19.2. The van der Waals surface area contributed by atoms with E-state index >= 15 is 0 Å². The molecule has 1 rings (SSSR count). The molecule has 0 fully saturated rings. The number of hydrogen-bond donors (Lipinski definition) is 2. The first kappa shape index (κ1) is 25.2. The Morgan fingerprint density at radius 3 is 1.77 bits per heavy atom. The average Bonchev–Trinajstić information content (AvgIpc) is 2.70. The molecule has 0 saturated heterocycles. The second-order valence-electron chi connectivity index (χ2n) is 6.75. The molecular formula is C19H24F4N4O3. The fourth-order valence-corrected chi connectivity index (χ4v) is 2.88. The SMILES string of the molecule is [N-]=[N+]=Nc1c(F)c(F)c(C(=O)NCCCCCCCCCCCC(=O)O)c(F)c1F. The van der Waals surface area contributed by atoms with Crippen LogP contribution >= 0.6 is 0 Å². The standard InChI is InChI=1S/C19H24F4N4O3/c20-14-13(15(21)17(23)18(16(14)22)26-27-24)19(30)25-11-9-7-5-3-1-2-4-6-8-10-12(28)29/h1-11H2,(H,25,30)(H,28,29). The molecule has 30 heavy (non-hydrogen) atoms. The summed E-state index contributed by atoms with van der Waals surface area (Å²) in [5.74, 6) is -9.78. The van der Waals surface area contributed by atoms with Crippen LogP contribution in [-0.2, 0) is 4.79 Å². The number of aliphatic carboxylic acids is 1. The summed E-state index contributed by atoms with van der Waals surface area (Å²) >= 11 is 0. The van der Waals surface area contributed by atoms with Crippen molar-refractivity contribution in [2.75, 3.05) is 6.54 Å². The van der Waals surface area contributed by atoms with Crippen molar-refractivity contribution >= 4 is 17.6 Å². The maximum Gasteiger partial charge on any atom is 0.303 e. The minimum absolute atomic E-state index is 0.0776. The number of azide groups is 1. The van der Waals surface area contributed by atoms with E-state index in [1.165, 1.54) is 0 Å². The zero-order valence-corrected chi connectivity index (χ0v) is 16.4. The normalized spacial score (nSPS) is 10.5. The predicted molar refractivity (Wildman–Crippen MR) is 101 cm³/mol. The number of halogens is 4. The first-order valence-corrected chi connectivity index (χ1v) is 9.72. The molecule has 0 saturated carbocycles. The van der Waals surface area contributed by atoms with Crippen molar-refractivity contribution in [2.45, 2.75) is 64.2 Å². The Kier molecular flexibility index (Phi) is 11.3. The maximum atomic E-state index is 13.9. The van der Waals surface area contributed by atoms with Gasteiger partial charge in [-0.05, 0) is 18.4 Å². The molecule has 0 aliphatic carbocycles. The quantitative estimate of drug-likeness (QED) is 0.0952. The van der Waals surface area contributed by atoms with Gasteiger partial charge in [-0.2, -0.15) is 0 Å². The van der Waals surface area contributed by atoms with E-state index in [4.69, 9.17) is 10.6 Å². The fraction of sp³-hybridized carbons (Fsp3) is 0.579. The van der Waals surface area contributed by atoms with Gasteiger partial charge in [0.1, 0.15) is 11.3 Å². The van der Waals surface area contributed by atoms with Crippen LogP contribution in [0.1, 0.15) is 74.6 Å². The van der Waals surface area contributed by atoms with Crippen molar-refractivity contribution in [3.05, 3.63) is 39.3 Å². The van der Waals surface area contributed by atoms with E-state index in [1.54, 1.807) is 0 Å². The van der Waals surface area contributed by atoms with E-state index in [0.29, 0.717) is 12.8 Å². The fourth-order valence-electron chi connectivity index (χ4n) is 2.88. The van der Waals surface area contributed by atoms with E-state index in [9.17, 15) is 27.2 Å². The molecule has 1 aromatic rings. The van der Waals surface area contributed by atoms with Crippen LogP contribution in [0.2, 0.25) is 0 Å². The molecule has 0 aromatic heterocycles. The maximum absolute atomic E-state index is 13.9. The molecule has 1 aromatic carbocycles. The molecule has 1 amide bonds. The molecule has 7 nitrogen and oxygen atoms in total. The monoisotopic (exact) mass is 432 g/mol. The second kappa shape index (κ2) is 13.4. The minimum atomic E-state index is -1.93. The lowest BCUT2D eigenvalue weighted by molar-refractivity contribution is -0.137. The molecule has 0 aliphatic rings. The Bertz CT molecular complexity index is 769. The van der Waals surface area contributed by atoms with E-state index in [-0.39, 0.29) is 13.0 Å². The Labute approximate surface area is 171 Å². The van der Waals surface area contributed by atoms with Gasteiger partial charge in [0, 0.05) is 17.9 Å². The molecular weight excluding hydrogens is 408 g/mol. The van der Waals surface area contributed by atoms with Crippen molar-refractivity contribution < 1.29 is 32.3 Å². The van der Waals surface area contributed by atoms with Gasteiger partial charge >= 0.3 is 5.97 Å². The number of rotatable bonds is 14. The highest BCUT2D eigenvalue weighted by Gasteiger charge is 2.28. The summed E-state index contributed by atoms with van der Waals surface area (Å²) in [6.45, 7) is 0.0776. The van der Waals surface area contributed by atoms with Gasteiger partial charge in [-0.25, -0.2) is 17.6 Å². The molecule has 0 spiro atoms. The highest BCUT2D eigenvalue weighted by molar-refractivity contribution is 5.95. The van der Waals surface area contributed by atoms with Gasteiger partial charge in [-0.1, -0.05) is 50.1 Å². The van der Waals surface area contributed by atoms with Crippen LogP contribution in [0, 0.1) is 23.3 Å². The number of carboxylic acid groups (broad SMARTS) is 1. The van der Waals surface area contributed by atoms with Crippen molar-refractivity contribution in [3.63, 3.8) is 0 Å². The summed E-state index contributed by atoms with van der Waals surface area (Å²) in [4.78, 5) is 24.4. The average molecular weight is 432 g/mol. The summed E-state index contributed by atoms with van der Waals surface area (Å²) in [5, 5.41) is 13.3. The second-order valence-corrected chi connectivity index (χ2v) is 6.75. The van der Waals surface area contributed by atoms with Gasteiger partial charge in [0.25, 0.3) is 5.91 Å². The Morgan fingerprint density at radius 2 is 1.30 bits per heavy atom. The van der Waals surface area contributed by atoms with Crippen LogP contribution in [-0.4, -0.2) is 23.5 Å². The molecule has 0 radical (unpaired) electrons. The third-order valence-corrected chi connectivity index (χ3v) is 4.46. The summed E-state index contributed by atoms with van der Waals surface area (Å²) in [5.41, 5.74) is 5.33. The minimum Gasteiger partial charge on any atom is -0.481 e. The molecule has 0 bridgehead atoms. The number of hydrogen-bond acceptors (Lipinski definition) is 3. The number of nitrogens with zero attached hydrogens (tertiary/aromatic N) is 3. The van der Waals surface area contributed by atoms with Crippen molar-refractivity contribution in [2.24, 2.45) is 5.11 Å². The summed E-state index contributed by atoms with van der Waals surface area (Å²) in [7, 11) is 0. The Morgan fingerprint density at radius 1 is 0.833 bits per heavy atom. The van der Waals surface area contributed by atoms with E-state index in [1.807, 2.05) is 0 Å². The lowest BCUT2D eigenvalue weighted by Gasteiger charge is -2.10. The smallest absolute Gasteiger partial charge is 0.303 e. The van der Waals surface area contributed by atoms with Crippen LogP contribution < -0.4 is 5.32 Å². The summed E-state index contributed by atoms with van der Waals surface area (Å²) < 4.78 is 55.2. The number of nitrogens with one attached hydrogen (secondary N) is 1. The van der Waals surface area contributed by atoms with Crippen LogP contribution in [0.3, 0.4) is 0 Å². The Balaban J connectivity index is 2.31. The number of carbonyl (C=O) groups is 2. The van der Waals surface area contributed by atoms with Gasteiger partial charge in [0.15, 0.2) is 23.3 Å². The lowest BCUT2D eigenvalue weighted by atomic mass is 10.1. The van der Waals surface area contributed by atoms with Crippen LogP contribution in [0.4, 0.5) is 23.2 Å². The van der Waals surface area contributed by atoms with Gasteiger partial charge in [-0.3, -0.25) is 9.59 Å². The number of carbonyl (C=O) groups excluding carboxylic acids is 1. The van der Waals surface area contributed by atoms with Crippen LogP contribution in [0.15, 0.2) is 5.11 Å². The van der Waals surface area contributed by atoms with Gasteiger partial charge in [-0.15, -0.1) is 0 Å². The highest BCUT2D eigenvalue weighted by Crippen LogP contribution is 2.30. The Hall–Kier alpha value is -2.81. The van der Waals surface area contributed by atoms with E-state index in [2.05, 4.69) is 15.3 Å². The van der Waals surface area contributed by atoms with Gasteiger partial charge in [0.05, 0.1) is 0 Å². The first-order chi connectivity index (χ1) is 14.3. The van der Waals surface area contributed by atoms with E-state index < -0.39 is 46.4 Å². The molecule has 0 atom stereocenters. The van der Waals surface area contributed by atoms with Crippen molar-refractivity contribution in [3.8, 4) is 0 Å². The van der Waals surface area contributed by atoms with Crippen molar-refractivity contribution in [1.29, 1.82) is 0 Å². The third kappa shape index (κ3) is 7.90. The zero-order valence-electron chi connectivity index (χ0n) is 16.4. The molecule has 11 heteroatoms. The van der Waals surface area contributed by atoms with Crippen LogP contribution in [0.5, 0.6) is 0 Å². The number of benzene rings is 1. The summed E-state index contributed by atoms with van der Waals surface area (Å²) in [6, 6.07) is 0. The zero-order chi connectivity index (χ0) is 22.5. The molecule has 166 valence electrons. The molecule has 0 heterocycles. The summed E-state index contributed by atoms with van der Waals surface area (Å²) in [6.07, 6.45) is 7.88. The number of unbranched alkanes of at least 4 members (excludes halogenated alkanes) is 8.